The average Bonchev–Trinajstić information content (AvgIpc) is 2.98. The Hall–Kier alpha value is -1.25. The summed E-state index contributed by atoms with van der Waals surface area (Å²) in [5.74, 6) is -0.0780. The molecule has 7 nitrogen and oxygen atoms in total. The Labute approximate surface area is 137 Å². The zero-order chi connectivity index (χ0) is 15.9. The predicted molar refractivity (Wildman–Crippen MR) is 82.6 cm³/mol. The fraction of sp³-hybridized carbons (Fsp3) is 0.692. The number of urea groups is 1. The molecule has 9 heteroatoms. The summed E-state index contributed by atoms with van der Waals surface area (Å²) in [6.45, 7) is 4.10. The Balaban J connectivity index is 1.72. The average molecular weight is 344 g/mol. The molecule has 3 heterocycles. The van der Waals surface area contributed by atoms with Gasteiger partial charge in [0.1, 0.15) is 15.6 Å². The highest BCUT2D eigenvalue weighted by Gasteiger charge is 2.51. The molecule has 22 heavy (non-hydrogen) atoms. The van der Waals surface area contributed by atoms with E-state index in [9.17, 15) is 9.59 Å². The topological polar surface area (TPSA) is 78.4 Å². The minimum atomic E-state index is -0.825. The molecule has 0 aromatic carbocycles. The highest BCUT2D eigenvalue weighted by atomic mass is 35.5. The summed E-state index contributed by atoms with van der Waals surface area (Å²) >= 11 is 7.24. The van der Waals surface area contributed by atoms with Gasteiger partial charge in [0.05, 0.1) is 0 Å². The first-order valence-corrected chi connectivity index (χ1v) is 8.36. The number of likely N-dealkylation sites (tertiary alicyclic amines) is 1. The molecule has 0 unspecified atom stereocenters. The van der Waals surface area contributed by atoms with Gasteiger partial charge in [-0.15, -0.1) is 5.10 Å². The summed E-state index contributed by atoms with van der Waals surface area (Å²) in [6.07, 6.45) is 1.89. The van der Waals surface area contributed by atoms with Crippen LogP contribution in [-0.4, -0.2) is 57.0 Å². The summed E-state index contributed by atoms with van der Waals surface area (Å²) in [5, 5.41) is 6.89. The quantitative estimate of drug-likeness (QED) is 0.838. The molecule has 1 N–H and O–H groups in total. The van der Waals surface area contributed by atoms with E-state index in [0.717, 1.165) is 31.6 Å². The van der Waals surface area contributed by atoms with Crippen LogP contribution in [0.4, 0.5) is 4.79 Å². The summed E-state index contributed by atoms with van der Waals surface area (Å²) in [7, 11) is 1.52. The van der Waals surface area contributed by atoms with Crippen LogP contribution in [0.15, 0.2) is 0 Å². The number of hydrogen-bond acceptors (Lipinski definition) is 6. The van der Waals surface area contributed by atoms with Crippen LogP contribution in [0.1, 0.15) is 25.5 Å². The van der Waals surface area contributed by atoms with Crippen molar-refractivity contribution in [3.8, 4) is 0 Å². The minimum Gasteiger partial charge on any atom is -0.323 e. The smallest absolute Gasteiger partial charge is 0.323 e. The van der Waals surface area contributed by atoms with Gasteiger partial charge in [0.15, 0.2) is 0 Å². The molecule has 2 fully saturated rings. The van der Waals surface area contributed by atoms with Crippen molar-refractivity contribution in [3.05, 3.63) is 10.0 Å². The van der Waals surface area contributed by atoms with E-state index in [4.69, 9.17) is 11.6 Å². The van der Waals surface area contributed by atoms with Crippen molar-refractivity contribution in [2.45, 2.75) is 31.8 Å². The molecule has 2 aliphatic rings. The van der Waals surface area contributed by atoms with Crippen LogP contribution in [0, 0.1) is 5.92 Å². The third kappa shape index (κ3) is 2.59. The van der Waals surface area contributed by atoms with Crippen molar-refractivity contribution in [2.24, 2.45) is 5.92 Å². The molecule has 0 aliphatic carbocycles. The maximum atomic E-state index is 12.4. The van der Waals surface area contributed by atoms with E-state index in [1.165, 1.54) is 23.5 Å². The molecule has 0 bridgehead atoms. The first kappa shape index (κ1) is 15.6. The Morgan fingerprint density at radius 3 is 2.86 bits per heavy atom. The molecule has 0 saturated carbocycles. The molecule has 2 atom stereocenters. The van der Waals surface area contributed by atoms with Crippen LogP contribution < -0.4 is 5.32 Å². The van der Waals surface area contributed by atoms with Gasteiger partial charge in [-0.05, 0) is 26.3 Å². The number of nitrogens with one attached hydrogen (secondary N) is 1. The second kappa shape index (κ2) is 5.75. The van der Waals surface area contributed by atoms with Crippen LogP contribution >= 0.6 is 23.1 Å². The van der Waals surface area contributed by atoms with E-state index in [-0.39, 0.29) is 17.9 Å². The van der Waals surface area contributed by atoms with Gasteiger partial charge < -0.3 is 5.32 Å². The highest BCUT2D eigenvalue weighted by molar-refractivity contribution is 7.10. The van der Waals surface area contributed by atoms with Crippen molar-refractivity contribution in [1.29, 1.82) is 0 Å². The molecule has 120 valence electrons. The monoisotopic (exact) mass is 343 g/mol. The molecule has 2 aliphatic heterocycles. The van der Waals surface area contributed by atoms with E-state index < -0.39 is 5.54 Å². The van der Waals surface area contributed by atoms with Gasteiger partial charge in [0, 0.05) is 37.6 Å². The van der Waals surface area contributed by atoms with Crippen molar-refractivity contribution in [1.82, 2.24) is 24.7 Å². The van der Waals surface area contributed by atoms with Gasteiger partial charge in [-0.25, -0.2) is 4.79 Å². The first-order valence-electron chi connectivity index (χ1n) is 7.21. The van der Waals surface area contributed by atoms with Gasteiger partial charge in [-0.1, -0.05) is 16.1 Å². The number of piperidine rings is 1. The molecule has 0 radical (unpaired) electrons. The summed E-state index contributed by atoms with van der Waals surface area (Å²) < 4.78 is 4.45. The fourth-order valence-corrected chi connectivity index (χ4v) is 3.86. The van der Waals surface area contributed by atoms with Crippen LogP contribution in [0.3, 0.4) is 0 Å². The number of imide groups is 1. The molecule has 1 aromatic rings. The molecular formula is C13H18ClN5O2S. The number of likely N-dealkylation sites (N-methyl/N-ethyl adjacent to an activating group) is 1. The van der Waals surface area contributed by atoms with Crippen molar-refractivity contribution in [2.75, 3.05) is 20.1 Å². The van der Waals surface area contributed by atoms with Gasteiger partial charge in [0.2, 0.25) is 0 Å². The van der Waals surface area contributed by atoms with Crippen LogP contribution in [0.2, 0.25) is 4.34 Å². The van der Waals surface area contributed by atoms with Gasteiger partial charge in [0.25, 0.3) is 5.91 Å². The van der Waals surface area contributed by atoms with E-state index in [1.807, 2.05) is 6.92 Å². The third-order valence-electron chi connectivity index (χ3n) is 4.62. The molecule has 3 amide bonds. The summed E-state index contributed by atoms with van der Waals surface area (Å²) in [5.41, 5.74) is -0.0504. The van der Waals surface area contributed by atoms with E-state index in [2.05, 4.69) is 19.8 Å². The first-order chi connectivity index (χ1) is 10.4. The Morgan fingerprint density at radius 1 is 1.50 bits per heavy atom. The largest absolute Gasteiger partial charge is 0.324 e. The number of rotatable bonds is 3. The number of hydrogen-bond donors (Lipinski definition) is 1. The molecule has 3 rings (SSSR count). The van der Waals surface area contributed by atoms with Gasteiger partial charge in [-0.3, -0.25) is 14.6 Å². The second-order valence-corrected chi connectivity index (χ2v) is 7.42. The summed E-state index contributed by atoms with van der Waals surface area (Å²) in [6, 6.07) is -0.323. The SMILES string of the molecule is CN1C(=O)N[C@@](C)([C@@H]2CCCN(Cc3nnsc3Cl)C2)C1=O. The molecule has 0 spiro atoms. The van der Waals surface area contributed by atoms with Gasteiger partial charge in [-0.2, -0.15) is 0 Å². The summed E-state index contributed by atoms with van der Waals surface area (Å²) in [4.78, 5) is 27.6. The lowest BCUT2D eigenvalue weighted by atomic mass is 9.80. The van der Waals surface area contributed by atoms with Crippen molar-refractivity contribution < 1.29 is 9.59 Å². The van der Waals surface area contributed by atoms with Crippen LogP contribution in [-0.2, 0) is 11.3 Å². The van der Waals surface area contributed by atoms with Crippen LogP contribution in [0.5, 0.6) is 0 Å². The molecule has 1 aromatic heterocycles. The standard InChI is InChI=1S/C13H18ClN5O2S/c1-13(11(20)18(2)12(21)15-13)8-4-3-5-19(6-8)7-9-10(14)22-17-16-9/h8H,3-7H2,1-2H3,(H,15,21)/t8-,13+/m1/s1. The normalized spacial score (nSPS) is 30.0. The zero-order valence-electron chi connectivity index (χ0n) is 12.5. The lowest BCUT2D eigenvalue weighted by molar-refractivity contribution is -0.132. The second-order valence-electron chi connectivity index (χ2n) is 6.06. The van der Waals surface area contributed by atoms with Crippen molar-refractivity contribution >= 4 is 35.1 Å². The van der Waals surface area contributed by atoms with Crippen LogP contribution in [0.25, 0.3) is 0 Å². The number of aromatic nitrogens is 2. The van der Waals surface area contributed by atoms with E-state index in [1.54, 1.807) is 0 Å². The van der Waals surface area contributed by atoms with Crippen molar-refractivity contribution in [3.63, 3.8) is 0 Å². The molecular weight excluding hydrogens is 326 g/mol. The maximum absolute atomic E-state index is 12.4. The Kier molecular flexibility index (Phi) is 4.09. The Morgan fingerprint density at radius 2 is 2.27 bits per heavy atom. The maximum Gasteiger partial charge on any atom is 0.324 e. The number of carbonyl (C=O) groups excluding carboxylic acids is 2. The molecule has 2 saturated heterocycles. The van der Waals surface area contributed by atoms with E-state index >= 15 is 0 Å². The number of amides is 3. The predicted octanol–water partition coefficient (Wildman–Crippen LogP) is 1.34. The number of halogens is 1. The third-order valence-corrected chi connectivity index (χ3v) is 5.61. The Bertz CT molecular complexity index is 609. The number of carbonyl (C=O) groups is 2. The number of nitrogens with zero attached hydrogens (tertiary/aromatic N) is 4. The zero-order valence-corrected chi connectivity index (χ0v) is 14.1. The minimum absolute atomic E-state index is 0.0769. The fourth-order valence-electron chi connectivity index (χ4n) is 3.25. The van der Waals surface area contributed by atoms with E-state index in [0.29, 0.717) is 10.9 Å². The van der Waals surface area contributed by atoms with Gasteiger partial charge >= 0.3 is 6.03 Å². The lowest BCUT2D eigenvalue weighted by Crippen LogP contribution is -2.55. The lowest BCUT2D eigenvalue weighted by Gasteiger charge is -2.39. The highest BCUT2D eigenvalue weighted by Crippen LogP contribution is 2.32.